The van der Waals surface area contributed by atoms with Gasteiger partial charge in [0.1, 0.15) is 0 Å². The number of aliphatic hydroxyl groups is 1. The summed E-state index contributed by atoms with van der Waals surface area (Å²) in [4.78, 5) is 12.8. The molecule has 0 aromatic heterocycles. The number of benzene rings is 2. The summed E-state index contributed by atoms with van der Waals surface area (Å²) in [5.74, 6) is -1.28. The molecule has 2 aromatic rings. The van der Waals surface area contributed by atoms with Crippen LogP contribution in [-0.2, 0) is 14.8 Å². The molecular formula is C21H20F3N3O5S. The molecule has 0 bridgehead atoms. The SMILES string of the molecule is O=C(c1cccc(S(=O)(=O)N2CCOCC2)c1)N1N=C(c2ccccc2)C[C@]1(O)C(F)(F)F. The Morgan fingerprint density at radius 3 is 2.36 bits per heavy atom. The number of ether oxygens (including phenoxy) is 1. The summed E-state index contributed by atoms with van der Waals surface area (Å²) in [6.45, 7) is 0.652. The van der Waals surface area contributed by atoms with Crippen LogP contribution in [0.4, 0.5) is 13.2 Å². The van der Waals surface area contributed by atoms with Gasteiger partial charge in [-0.05, 0) is 23.8 Å². The van der Waals surface area contributed by atoms with Crippen LogP contribution in [0.5, 0.6) is 0 Å². The number of amides is 1. The number of sulfonamides is 1. The van der Waals surface area contributed by atoms with E-state index >= 15 is 0 Å². The third-order valence-electron chi connectivity index (χ3n) is 5.43. The van der Waals surface area contributed by atoms with Gasteiger partial charge >= 0.3 is 6.18 Å². The standard InChI is InChI=1S/C21H20F3N3O5S/c22-21(23,24)20(29)14-18(15-5-2-1-3-6-15)25-27(20)19(28)16-7-4-8-17(13-16)33(30,31)26-9-11-32-12-10-26/h1-8,13,29H,9-12,14H2/t20-/m0/s1. The van der Waals surface area contributed by atoms with Crippen molar-refractivity contribution in [3.8, 4) is 0 Å². The Labute approximate surface area is 187 Å². The van der Waals surface area contributed by atoms with Crippen molar-refractivity contribution in [1.82, 2.24) is 9.31 Å². The molecule has 1 saturated heterocycles. The number of rotatable bonds is 4. The van der Waals surface area contributed by atoms with E-state index in [0.29, 0.717) is 5.56 Å². The number of halogens is 3. The van der Waals surface area contributed by atoms with Gasteiger partial charge in [0.15, 0.2) is 0 Å². The first-order valence-electron chi connectivity index (χ1n) is 9.98. The van der Waals surface area contributed by atoms with E-state index in [1.807, 2.05) is 0 Å². The lowest BCUT2D eigenvalue weighted by atomic mass is 10.0. The van der Waals surface area contributed by atoms with E-state index in [1.54, 1.807) is 18.2 Å². The number of hydrogen-bond acceptors (Lipinski definition) is 6. The molecule has 2 aliphatic rings. The minimum atomic E-state index is -5.21. The van der Waals surface area contributed by atoms with Gasteiger partial charge in [-0.1, -0.05) is 36.4 Å². The summed E-state index contributed by atoms with van der Waals surface area (Å²) < 4.78 is 73.6. The van der Waals surface area contributed by atoms with Crippen LogP contribution >= 0.6 is 0 Å². The lowest BCUT2D eigenvalue weighted by Gasteiger charge is -2.32. The summed E-state index contributed by atoms with van der Waals surface area (Å²) in [5.41, 5.74) is -3.74. The molecule has 176 valence electrons. The van der Waals surface area contributed by atoms with E-state index < -0.39 is 34.3 Å². The number of hydrogen-bond donors (Lipinski definition) is 1. The Hall–Kier alpha value is -2.80. The molecular weight excluding hydrogens is 463 g/mol. The predicted molar refractivity (Wildman–Crippen MR) is 111 cm³/mol. The smallest absolute Gasteiger partial charge is 0.379 e. The van der Waals surface area contributed by atoms with Crippen LogP contribution in [0.1, 0.15) is 22.3 Å². The van der Waals surface area contributed by atoms with Crippen LogP contribution < -0.4 is 0 Å². The average Bonchev–Trinajstić information content (AvgIpc) is 3.19. The van der Waals surface area contributed by atoms with Crippen molar-refractivity contribution < 1.29 is 36.2 Å². The maximum Gasteiger partial charge on any atom is 0.438 e. The van der Waals surface area contributed by atoms with Gasteiger partial charge in [0.05, 0.1) is 30.2 Å². The molecule has 0 aliphatic carbocycles. The lowest BCUT2D eigenvalue weighted by Crippen LogP contribution is -2.56. The van der Waals surface area contributed by atoms with Crippen LogP contribution in [0, 0.1) is 0 Å². The normalized spacial score (nSPS) is 22.3. The van der Waals surface area contributed by atoms with Gasteiger partial charge in [-0.2, -0.15) is 27.6 Å². The molecule has 33 heavy (non-hydrogen) atoms. The molecule has 1 amide bonds. The van der Waals surface area contributed by atoms with Crippen molar-refractivity contribution in [2.45, 2.75) is 23.2 Å². The van der Waals surface area contributed by atoms with Crippen molar-refractivity contribution in [2.75, 3.05) is 26.3 Å². The molecule has 2 aromatic carbocycles. The van der Waals surface area contributed by atoms with Crippen LogP contribution in [0.25, 0.3) is 0 Å². The Balaban J connectivity index is 1.71. The van der Waals surface area contributed by atoms with Crippen molar-refractivity contribution in [3.63, 3.8) is 0 Å². The lowest BCUT2D eigenvalue weighted by molar-refractivity contribution is -0.297. The zero-order valence-corrected chi connectivity index (χ0v) is 18.0. The first-order chi connectivity index (χ1) is 15.5. The minimum absolute atomic E-state index is 0.0181. The van der Waals surface area contributed by atoms with Crippen molar-refractivity contribution in [2.24, 2.45) is 5.10 Å². The largest absolute Gasteiger partial charge is 0.438 e. The highest BCUT2D eigenvalue weighted by atomic mass is 32.2. The molecule has 2 aliphatic heterocycles. The van der Waals surface area contributed by atoms with Gasteiger partial charge in [-0.15, -0.1) is 0 Å². The topological polar surface area (TPSA) is 99.5 Å². The van der Waals surface area contributed by atoms with E-state index in [2.05, 4.69) is 5.10 Å². The number of carbonyl (C=O) groups is 1. The van der Waals surface area contributed by atoms with Crippen LogP contribution in [-0.4, -0.2) is 72.7 Å². The van der Waals surface area contributed by atoms with Crippen molar-refractivity contribution in [3.05, 3.63) is 65.7 Å². The van der Waals surface area contributed by atoms with Crippen LogP contribution in [0.3, 0.4) is 0 Å². The third kappa shape index (κ3) is 4.26. The molecule has 0 radical (unpaired) electrons. The zero-order valence-electron chi connectivity index (χ0n) is 17.2. The fraction of sp³-hybridized carbons (Fsp3) is 0.333. The molecule has 2 heterocycles. The predicted octanol–water partition coefficient (Wildman–Crippen LogP) is 2.21. The Morgan fingerprint density at radius 2 is 1.73 bits per heavy atom. The highest BCUT2D eigenvalue weighted by Crippen LogP contribution is 2.42. The van der Waals surface area contributed by atoms with Gasteiger partial charge in [-0.25, -0.2) is 8.42 Å². The zero-order chi connectivity index (χ0) is 23.9. The Kier molecular flexibility index (Phi) is 6.03. The van der Waals surface area contributed by atoms with Crippen molar-refractivity contribution >= 4 is 21.6 Å². The second-order valence-electron chi connectivity index (χ2n) is 7.57. The van der Waals surface area contributed by atoms with E-state index in [0.717, 1.165) is 6.07 Å². The number of carbonyl (C=O) groups excluding carboxylic acids is 1. The second kappa shape index (κ2) is 8.52. The maximum absolute atomic E-state index is 13.8. The molecule has 0 spiro atoms. The summed E-state index contributed by atoms with van der Waals surface area (Å²) in [6, 6.07) is 12.5. The third-order valence-corrected chi connectivity index (χ3v) is 7.32. The monoisotopic (exact) mass is 483 g/mol. The highest BCUT2D eigenvalue weighted by Gasteiger charge is 2.63. The van der Waals surface area contributed by atoms with Gasteiger partial charge < -0.3 is 9.84 Å². The summed E-state index contributed by atoms with van der Waals surface area (Å²) in [6.07, 6.45) is -6.17. The van der Waals surface area contributed by atoms with Gasteiger partial charge in [0.2, 0.25) is 10.0 Å². The average molecular weight is 483 g/mol. The fourth-order valence-electron chi connectivity index (χ4n) is 3.62. The summed E-state index contributed by atoms with van der Waals surface area (Å²) in [7, 11) is -3.99. The van der Waals surface area contributed by atoms with Crippen molar-refractivity contribution in [1.29, 1.82) is 0 Å². The highest BCUT2D eigenvalue weighted by molar-refractivity contribution is 7.89. The fourth-order valence-corrected chi connectivity index (χ4v) is 5.07. The van der Waals surface area contributed by atoms with E-state index in [1.165, 1.54) is 34.6 Å². The number of nitrogens with zero attached hydrogens (tertiary/aromatic N) is 3. The Morgan fingerprint density at radius 1 is 1.06 bits per heavy atom. The molecule has 12 heteroatoms. The number of alkyl halides is 3. The molecule has 1 N–H and O–H groups in total. The van der Waals surface area contributed by atoms with E-state index in [9.17, 15) is 31.5 Å². The number of hydrazone groups is 1. The first-order valence-corrected chi connectivity index (χ1v) is 11.4. The molecule has 8 nitrogen and oxygen atoms in total. The minimum Gasteiger partial charge on any atom is -0.379 e. The Bertz CT molecular complexity index is 1180. The maximum atomic E-state index is 13.8. The molecule has 1 fully saturated rings. The van der Waals surface area contributed by atoms with E-state index in [4.69, 9.17) is 4.74 Å². The van der Waals surface area contributed by atoms with Gasteiger partial charge in [-0.3, -0.25) is 4.79 Å². The van der Waals surface area contributed by atoms with Gasteiger partial charge in [0, 0.05) is 18.7 Å². The van der Waals surface area contributed by atoms with E-state index in [-0.39, 0.29) is 47.5 Å². The number of morpholine rings is 1. The molecule has 0 unspecified atom stereocenters. The molecule has 0 saturated carbocycles. The second-order valence-corrected chi connectivity index (χ2v) is 9.50. The summed E-state index contributed by atoms with van der Waals surface area (Å²) in [5, 5.41) is 14.3. The first kappa shape index (κ1) is 23.4. The van der Waals surface area contributed by atoms with Gasteiger partial charge in [0.25, 0.3) is 11.6 Å². The quantitative estimate of drug-likeness (QED) is 0.719. The molecule has 1 atom stereocenters. The summed E-state index contributed by atoms with van der Waals surface area (Å²) >= 11 is 0. The molecule has 4 rings (SSSR count). The van der Waals surface area contributed by atoms with Crippen LogP contribution in [0.15, 0.2) is 64.6 Å². The van der Waals surface area contributed by atoms with Crippen LogP contribution in [0.2, 0.25) is 0 Å².